The van der Waals surface area contributed by atoms with Gasteiger partial charge in [0, 0.05) is 12.8 Å². The molecule has 0 aromatic rings. The Bertz CT molecular complexity index is 1080. The van der Waals surface area contributed by atoms with E-state index in [1.165, 1.54) is 51.4 Å². The molecule has 0 saturated carbocycles. The van der Waals surface area contributed by atoms with Gasteiger partial charge in [-0.3, -0.25) is 9.59 Å². The van der Waals surface area contributed by atoms with Crippen LogP contribution in [0, 0.1) is 0 Å². The summed E-state index contributed by atoms with van der Waals surface area (Å²) in [5.74, 6) is -0.849. The summed E-state index contributed by atoms with van der Waals surface area (Å²) in [4.78, 5) is 25.2. The fourth-order valence-electron chi connectivity index (χ4n) is 6.04. The van der Waals surface area contributed by atoms with Gasteiger partial charge >= 0.3 is 11.9 Å². The van der Waals surface area contributed by atoms with E-state index in [-0.39, 0.29) is 32.0 Å². The van der Waals surface area contributed by atoms with E-state index in [2.05, 4.69) is 74.6 Å². The summed E-state index contributed by atoms with van der Waals surface area (Å²) in [5, 5.41) is 40.0. The van der Waals surface area contributed by atoms with Crippen LogP contribution in [0.2, 0.25) is 0 Å². The van der Waals surface area contributed by atoms with E-state index in [1.807, 2.05) is 0 Å². The highest BCUT2D eigenvalue weighted by molar-refractivity contribution is 5.70. The Kier molecular flexibility index (Phi) is 32.8. The summed E-state index contributed by atoms with van der Waals surface area (Å²) in [6, 6.07) is 0. The molecular formula is C45H76O10. The molecule has 10 heteroatoms. The first-order valence-electron chi connectivity index (χ1n) is 21.4. The third kappa shape index (κ3) is 27.6. The number of carbonyl (C=O) groups excluding carboxylic acids is 2. The Labute approximate surface area is 332 Å². The summed E-state index contributed by atoms with van der Waals surface area (Å²) in [6.07, 6.45) is 35.1. The van der Waals surface area contributed by atoms with Gasteiger partial charge in [0.1, 0.15) is 31.0 Å². The van der Waals surface area contributed by atoms with Crippen molar-refractivity contribution in [2.24, 2.45) is 0 Å². The van der Waals surface area contributed by atoms with Gasteiger partial charge in [0.2, 0.25) is 0 Å². The summed E-state index contributed by atoms with van der Waals surface area (Å²) in [6.45, 7) is 3.25. The minimum atomic E-state index is -1.60. The van der Waals surface area contributed by atoms with Gasteiger partial charge in [-0.15, -0.1) is 0 Å². The molecule has 1 aliphatic heterocycles. The molecule has 0 aromatic carbocycles. The first-order valence-corrected chi connectivity index (χ1v) is 21.4. The van der Waals surface area contributed by atoms with E-state index in [0.717, 1.165) is 70.6 Å². The van der Waals surface area contributed by atoms with Gasteiger partial charge in [0.25, 0.3) is 0 Å². The maximum Gasteiger partial charge on any atom is 0.306 e. The van der Waals surface area contributed by atoms with Crippen LogP contribution in [0.25, 0.3) is 0 Å². The SMILES string of the molecule is CC/C=C/C/C=C/C/C=C/C/C=C/C/C=C/CCCCCC(=O)O[C@H](COC(=O)CCCCCCCCCCCCC)CO[C@@H]1O[C@H](CO)[C@H](O)C(O)C1O. The molecule has 1 aliphatic rings. The molecule has 55 heavy (non-hydrogen) atoms. The molecule has 2 unspecified atom stereocenters. The topological polar surface area (TPSA) is 152 Å². The maximum atomic E-state index is 12.7. The summed E-state index contributed by atoms with van der Waals surface area (Å²) >= 11 is 0. The predicted molar refractivity (Wildman–Crippen MR) is 219 cm³/mol. The minimum Gasteiger partial charge on any atom is -0.462 e. The second-order valence-electron chi connectivity index (χ2n) is 14.4. The van der Waals surface area contributed by atoms with E-state index in [1.54, 1.807) is 0 Å². The fraction of sp³-hybridized carbons (Fsp3) is 0.733. The quantitative estimate of drug-likeness (QED) is 0.0284. The molecule has 10 nitrogen and oxygen atoms in total. The highest BCUT2D eigenvalue weighted by Gasteiger charge is 2.44. The Morgan fingerprint density at radius 3 is 1.62 bits per heavy atom. The number of aliphatic hydroxyl groups is 4. The van der Waals surface area contributed by atoms with E-state index in [0.29, 0.717) is 6.42 Å². The van der Waals surface area contributed by atoms with Crippen LogP contribution in [0.5, 0.6) is 0 Å². The predicted octanol–water partition coefficient (Wildman–Crippen LogP) is 8.66. The average molecular weight is 777 g/mol. The van der Waals surface area contributed by atoms with E-state index in [4.69, 9.17) is 18.9 Å². The van der Waals surface area contributed by atoms with E-state index < -0.39 is 49.4 Å². The van der Waals surface area contributed by atoms with Crippen LogP contribution < -0.4 is 0 Å². The van der Waals surface area contributed by atoms with Gasteiger partial charge in [0.15, 0.2) is 12.4 Å². The lowest BCUT2D eigenvalue weighted by Gasteiger charge is -2.39. The summed E-state index contributed by atoms with van der Waals surface area (Å²) in [7, 11) is 0. The first kappa shape index (κ1) is 50.4. The number of ether oxygens (including phenoxy) is 4. The van der Waals surface area contributed by atoms with Gasteiger partial charge < -0.3 is 39.4 Å². The zero-order valence-corrected chi connectivity index (χ0v) is 34.2. The first-order chi connectivity index (χ1) is 26.8. The average Bonchev–Trinajstić information content (AvgIpc) is 3.18. The number of unbranched alkanes of at least 4 members (excludes halogenated alkanes) is 13. The van der Waals surface area contributed by atoms with Gasteiger partial charge in [-0.2, -0.15) is 0 Å². The smallest absolute Gasteiger partial charge is 0.306 e. The number of rotatable bonds is 34. The standard InChI is InChI=1S/C45H76O10/c1-3-5-7-9-11-13-15-16-17-18-19-20-21-22-24-26-28-30-32-34-41(48)54-38(37-53-45-44(51)43(50)42(49)39(35-46)55-45)36-52-40(47)33-31-29-27-25-23-14-12-10-8-6-4-2/h5,7,11,13,16-17,19-20,22,24,38-39,42-46,49-51H,3-4,6,8-10,12,14-15,18,21,23,25-37H2,1-2H3/b7-5+,13-11+,17-16+,20-19+,24-22+/t38-,39-,42+,43?,44?,45-/m1/s1. The van der Waals surface area contributed by atoms with Crippen molar-refractivity contribution in [2.45, 2.75) is 192 Å². The fourth-order valence-corrected chi connectivity index (χ4v) is 6.04. The van der Waals surface area contributed by atoms with Crippen molar-refractivity contribution in [3.05, 3.63) is 60.8 Å². The number of hydrogen-bond donors (Lipinski definition) is 4. The Balaban J connectivity index is 2.38. The van der Waals surface area contributed by atoms with Gasteiger partial charge in [0.05, 0.1) is 13.2 Å². The molecular weight excluding hydrogens is 700 g/mol. The van der Waals surface area contributed by atoms with Gasteiger partial charge in [-0.1, -0.05) is 145 Å². The normalized spacial score (nSPS) is 21.2. The second-order valence-corrected chi connectivity index (χ2v) is 14.4. The molecule has 0 aromatic heterocycles. The van der Waals surface area contributed by atoms with Crippen molar-refractivity contribution in [1.82, 2.24) is 0 Å². The zero-order valence-electron chi connectivity index (χ0n) is 34.2. The van der Waals surface area contributed by atoms with Crippen molar-refractivity contribution in [3.8, 4) is 0 Å². The molecule has 4 N–H and O–H groups in total. The molecule has 1 rings (SSSR count). The molecule has 6 atom stereocenters. The number of aliphatic hydroxyl groups excluding tert-OH is 4. The number of esters is 2. The Morgan fingerprint density at radius 1 is 0.582 bits per heavy atom. The van der Waals surface area contributed by atoms with Crippen LogP contribution in [-0.4, -0.2) is 89.0 Å². The monoisotopic (exact) mass is 777 g/mol. The van der Waals surface area contributed by atoms with Gasteiger partial charge in [-0.25, -0.2) is 0 Å². The molecule has 0 amide bonds. The van der Waals surface area contributed by atoms with Crippen LogP contribution in [0.3, 0.4) is 0 Å². The maximum absolute atomic E-state index is 12.7. The molecule has 0 aliphatic carbocycles. The zero-order chi connectivity index (χ0) is 40.2. The highest BCUT2D eigenvalue weighted by atomic mass is 16.7. The molecule has 1 saturated heterocycles. The molecule has 1 heterocycles. The van der Waals surface area contributed by atoms with Crippen LogP contribution in [0.15, 0.2) is 60.8 Å². The van der Waals surface area contributed by atoms with Crippen LogP contribution in [0.4, 0.5) is 0 Å². The minimum absolute atomic E-state index is 0.189. The van der Waals surface area contributed by atoms with Crippen LogP contribution in [0.1, 0.15) is 155 Å². The Hall–Kier alpha value is -2.60. The highest BCUT2D eigenvalue weighted by Crippen LogP contribution is 2.22. The van der Waals surface area contributed by atoms with E-state index >= 15 is 0 Å². The largest absolute Gasteiger partial charge is 0.462 e. The summed E-state index contributed by atoms with van der Waals surface area (Å²) in [5.41, 5.74) is 0. The number of carbonyl (C=O) groups is 2. The molecule has 0 radical (unpaired) electrons. The summed E-state index contributed by atoms with van der Waals surface area (Å²) < 4.78 is 22.1. The van der Waals surface area contributed by atoms with Crippen LogP contribution in [-0.2, 0) is 28.5 Å². The van der Waals surface area contributed by atoms with Gasteiger partial charge in [-0.05, 0) is 57.8 Å². The lowest BCUT2D eigenvalue weighted by molar-refractivity contribution is -0.305. The lowest BCUT2D eigenvalue weighted by Crippen LogP contribution is -2.59. The number of allylic oxidation sites excluding steroid dienone is 10. The third-order valence-electron chi connectivity index (χ3n) is 9.42. The van der Waals surface area contributed by atoms with Crippen molar-refractivity contribution in [3.63, 3.8) is 0 Å². The van der Waals surface area contributed by atoms with E-state index in [9.17, 15) is 30.0 Å². The van der Waals surface area contributed by atoms with Crippen molar-refractivity contribution >= 4 is 11.9 Å². The van der Waals surface area contributed by atoms with Crippen molar-refractivity contribution in [2.75, 3.05) is 19.8 Å². The second kappa shape index (κ2) is 35.8. The molecule has 0 spiro atoms. The Morgan fingerprint density at radius 2 is 1.07 bits per heavy atom. The number of hydrogen-bond acceptors (Lipinski definition) is 10. The molecule has 316 valence electrons. The van der Waals surface area contributed by atoms with Crippen LogP contribution >= 0.6 is 0 Å². The molecule has 1 fully saturated rings. The lowest BCUT2D eigenvalue weighted by atomic mass is 9.99. The third-order valence-corrected chi connectivity index (χ3v) is 9.42. The van der Waals surface area contributed by atoms with Crippen molar-refractivity contribution < 1.29 is 49.0 Å². The van der Waals surface area contributed by atoms with Crippen molar-refractivity contribution in [1.29, 1.82) is 0 Å². The molecule has 0 bridgehead atoms.